The average molecular weight is 251 g/mol. The van der Waals surface area contributed by atoms with E-state index in [-0.39, 0.29) is 24.1 Å². The summed E-state index contributed by atoms with van der Waals surface area (Å²) in [4.78, 5) is 13.8. The molecule has 4 heteroatoms. The van der Waals surface area contributed by atoms with Crippen molar-refractivity contribution >= 4 is 5.78 Å². The van der Waals surface area contributed by atoms with Gasteiger partial charge in [0.1, 0.15) is 5.82 Å². The van der Waals surface area contributed by atoms with Gasteiger partial charge < -0.3 is 5.11 Å². The molecule has 1 N–H and O–H groups in total. The van der Waals surface area contributed by atoms with Crippen LogP contribution in [0.1, 0.15) is 18.4 Å². The first-order valence-corrected chi connectivity index (χ1v) is 6.30. The molecule has 1 aliphatic heterocycles. The number of rotatable bonds is 4. The molecule has 1 saturated heterocycles. The summed E-state index contributed by atoms with van der Waals surface area (Å²) in [6.07, 6.45) is 1.51. The summed E-state index contributed by atoms with van der Waals surface area (Å²) in [5.74, 6) is -0.335. The minimum absolute atomic E-state index is 0.00537. The Balaban J connectivity index is 1.87. The van der Waals surface area contributed by atoms with Crippen molar-refractivity contribution < 1.29 is 14.3 Å². The van der Waals surface area contributed by atoms with Crippen LogP contribution in [-0.2, 0) is 11.2 Å². The van der Waals surface area contributed by atoms with Crippen LogP contribution < -0.4 is 0 Å². The molecule has 3 nitrogen and oxygen atoms in total. The average Bonchev–Trinajstić information content (AvgIpc) is 2.32. The summed E-state index contributed by atoms with van der Waals surface area (Å²) in [6.45, 7) is 1.68. The molecule has 0 saturated carbocycles. The number of aliphatic hydroxyl groups excluding tert-OH is 1. The van der Waals surface area contributed by atoms with Crippen molar-refractivity contribution in [3.05, 3.63) is 35.6 Å². The number of aliphatic hydroxyl groups is 1. The zero-order valence-corrected chi connectivity index (χ0v) is 10.3. The number of carbonyl (C=O) groups is 1. The van der Waals surface area contributed by atoms with Gasteiger partial charge in [0.25, 0.3) is 0 Å². The fraction of sp³-hybridized carbons (Fsp3) is 0.500. The van der Waals surface area contributed by atoms with E-state index in [9.17, 15) is 14.3 Å². The highest BCUT2D eigenvalue weighted by molar-refractivity contribution is 5.82. The third kappa shape index (κ3) is 3.62. The lowest BCUT2D eigenvalue weighted by Crippen LogP contribution is -2.41. The molecule has 1 aromatic rings. The third-order valence-electron chi connectivity index (χ3n) is 3.23. The van der Waals surface area contributed by atoms with Gasteiger partial charge in [-0.3, -0.25) is 9.69 Å². The van der Waals surface area contributed by atoms with Gasteiger partial charge in [0.05, 0.1) is 12.6 Å². The van der Waals surface area contributed by atoms with E-state index in [4.69, 9.17) is 0 Å². The number of benzene rings is 1. The van der Waals surface area contributed by atoms with Crippen LogP contribution in [0.4, 0.5) is 4.39 Å². The van der Waals surface area contributed by atoms with E-state index in [1.807, 2.05) is 4.90 Å². The Labute approximate surface area is 106 Å². The second-order valence-corrected chi connectivity index (χ2v) is 4.84. The van der Waals surface area contributed by atoms with Crippen LogP contribution in [0.15, 0.2) is 24.3 Å². The number of halogens is 1. The van der Waals surface area contributed by atoms with Crippen molar-refractivity contribution in [1.82, 2.24) is 4.90 Å². The van der Waals surface area contributed by atoms with Crippen LogP contribution in [0.5, 0.6) is 0 Å². The van der Waals surface area contributed by atoms with Gasteiger partial charge >= 0.3 is 0 Å². The summed E-state index contributed by atoms with van der Waals surface area (Å²) < 4.78 is 13.4. The first kappa shape index (κ1) is 13.2. The van der Waals surface area contributed by atoms with Gasteiger partial charge in [0.2, 0.25) is 0 Å². The van der Waals surface area contributed by atoms with Crippen LogP contribution in [0.3, 0.4) is 0 Å². The summed E-state index contributed by atoms with van der Waals surface area (Å²) >= 11 is 0. The third-order valence-corrected chi connectivity index (χ3v) is 3.23. The van der Waals surface area contributed by atoms with Gasteiger partial charge in [-0.1, -0.05) is 18.2 Å². The molecule has 1 aliphatic rings. The zero-order valence-electron chi connectivity index (χ0n) is 10.3. The predicted molar refractivity (Wildman–Crippen MR) is 66.8 cm³/mol. The number of Topliss-reactive ketones (excluding diaryl/α,β-unsaturated/α-hetero) is 1. The molecule has 1 fully saturated rings. The molecule has 1 atom stereocenters. The number of piperidine rings is 1. The smallest absolute Gasteiger partial charge is 0.151 e. The van der Waals surface area contributed by atoms with Crippen LogP contribution in [0.2, 0.25) is 0 Å². The van der Waals surface area contributed by atoms with E-state index in [2.05, 4.69) is 0 Å². The molecule has 0 radical (unpaired) electrons. The monoisotopic (exact) mass is 251 g/mol. The number of carbonyl (C=O) groups excluding carboxylic acids is 1. The minimum atomic E-state index is -0.333. The minimum Gasteiger partial charge on any atom is -0.392 e. The van der Waals surface area contributed by atoms with Crippen LogP contribution >= 0.6 is 0 Å². The van der Waals surface area contributed by atoms with Gasteiger partial charge in [-0.05, 0) is 31.0 Å². The second-order valence-electron chi connectivity index (χ2n) is 4.84. The topological polar surface area (TPSA) is 40.5 Å². The van der Waals surface area contributed by atoms with Crippen molar-refractivity contribution in [3.63, 3.8) is 0 Å². The summed E-state index contributed by atoms with van der Waals surface area (Å²) in [7, 11) is 0. The molecule has 18 heavy (non-hydrogen) atoms. The van der Waals surface area contributed by atoms with Crippen molar-refractivity contribution in [2.45, 2.75) is 25.4 Å². The Morgan fingerprint density at radius 3 is 2.94 bits per heavy atom. The quantitative estimate of drug-likeness (QED) is 0.879. The number of ketones is 1. The standard InChI is InChI=1S/C14H18FNO2/c15-14-6-2-1-4-11(14)8-13(18)10-16-7-3-5-12(17)9-16/h1-2,4,6,12,17H,3,5,7-10H2. The maximum Gasteiger partial charge on any atom is 0.151 e. The van der Waals surface area contributed by atoms with Crippen LogP contribution in [0, 0.1) is 5.82 Å². The van der Waals surface area contributed by atoms with E-state index >= 15 is 0 Å². The Morgan fingerprint density at radius 2 is 2.22 bits per heavy atom. The molecule has 0 aromatic heterocycles. The van der Waals surface area contributed by atoms with Gasteiger partial charge in [-0.25, -0.2) is 4.39 Å². The number of hydrogen-bond donors (Lipinski definition) is 1. The normalized spacial score (nSPS) is 20.9. The molecule has 2 rings (SSSR count). The molecule has 0 aliphatic carbocycles. The molecule has 0 amide bonds. The number of hydrogen-bond acceptors (Lipinski definition) is 3. The zero-order chi connectivity index (χ0) is 13.0. The van der Waals surface area contributed by atoms with Crippen molar-refractivity contribution in [1.29, 1.82) is 0 Å². The van der Waals surface area contributed by atoms with Crippen LogP contribution in [0.25, 0.3) is 0 Å². The fourth-order valence-electron chi connectivity index (χ4n) is 2.33. The summed E-state index contributed by atoms with van der Waals surface area (Å²) in [5.41, 5.74) is 0.444. The maximum absolute atomic E-state index is 13.4. The Kier molecular flexibility index (Phi) is 4.44. The van der Waals surface area contributed by atoms with E-state index in [0.717, 1.165) is 19.4 Å². The highest BCUT2D eigenvalue weighted by atomic mass is 19.1. The first-order chi connectivity index (χ1) is 8.65. The first-order valence-electron chi connectivity index (χ1n) is 6.30. The van der Waals surface area contributed by atoms with Crippen LogP contribution in [-0.4, -0.2) is 41.5 Å². The van der Waals surface area contributed by atoms with E-state index in [1.54, 1.807) is 18.2 Å². The van der Waals surface area contributed by atoms with Crippen molar-refractivity contribution in [2.75, 3.05) is 19.6 Å². The second kappa shape index (κ2) is 6.07. The highest BCUT2D eigenvalue weighted by Gasteiger charge is 2.20. The summed E-state index contributed by atoms with van der Waals surface area (Å²) in [6, 6.07) is 6.35. The lowest BCUT2D eigenvalue weighted by Gasteiger charge is -2.29. The molecule has 1 heterocycles. The lowest BCUT2D eigenvalue weighted by atomic mass is 10.1. The molecular weight excluding hydrogens is 233 g/mol. The lowest BCUT2D eigenvalue weighted by molar-refractivity contribution is -0.120. The Bertz CT molecular complexity index is 422. The van der Waals surface area contributed by atoms with Crippen molar-refractivity contribution in [2.24, 2.45) is 0 Å². The van der Waals surface area contributed by atoms with E-state index in [0.29, 0.717) is 18.7 Å². The highest BCUT2D eigenvalue weighted by Crippen LogP contribution is 2.11. The van der Waals surface area contributed by atoms with Gasteiger partial charge in [-0.2, -0.15) is 0 Å². The van der Waals surface area contributed by atoms with Gasteiger partial charge in [-0.15, -0.1) is 0 Å². The molecule has 1 unspecified atom stereocenters. The van der Waals surface area contributed by atoms with Gasteiger partial charge in [0.15, 0.2) is 5.78 Å². The largest absolute Gasteiger partial charge is 0.392 e. The number of β-amino-alcohol motifs (C(OH)–C–C–N with tert-alkyl or cyclic N) is 1. The fourth-order valence-corrected chi connectivity index (χ4v) is 2.33. The van der Waals surface area contributed by atoms with E-state index in [1.165, 1.54) is 6.07 Å². The Hall–Kier alpha value is -1.26. The van der Waals surface area contributed by atoms with E-state index < -0.39 is 0 Å². The van der Waals surface area contributed by atoms with Gasteiger partial charge in [0, 0.05) is 13.0 Å². The molecular formula is C14H18FNO2. The predicted octanol–water partition coefficient (Wildman–Crippen LogP) is 1.39. The van der Waals surface area contributed by atoms with Crippen molar-refractivity contribution in [3.8, 4) is 0 Å². The summed E-state index contributed by atoms with van der Waals surface area (Å²) in [5, 5.41) is 9.51. The molecule has 0 spiro atoms. The molecule has 0 bridgehead atoms. The SMILES string of the molecule is O=C(Cc1ccccc1F)CN1CCCC(O)C1. The Morgan fingerprint density at radius 1 is 1.44 bits per heavy atom. The number of likely N-dealkylation sites (tertiary alicyclic amines) is 1. The molecule has 1 aromatic carbocycles. The number of nitrogens with zero attached hydrogens (tertiary/aromatic N) is 1. The molecule has 98 valence electrons. The maximum atomic E-state index is 13.4.